The van der Waals surface area contributed by atoms with Crippen LogP contribution in [0.4, 0.5) is 4.79 Å². The Kier molecular flexibility index (Phi) is 6.47. The Morgan fingerprint density at radius 3 is 2.70 bits per heavy atom. The summed E-state index contributed by atoms with van der Waals surface area (Å²) >= 11 is 0. The van der Waals surface area contributed by atoms with E-state index in [9.17, 15) is 9.59 Å². The van der Waals surface area contributed by atoms with Crippen LogP contribution in [0.2, 0.25) is 0 Å². The van der Waals surface area contributed by atoms with Gasteiger partial charge in [0, 0.05) is 35.7 Å². The van der Waals surface area contributed by atoms with Crippen molar-refractivity contribution in [3.63, 3.8) is 0 Å². The van der Waals surface area contributed by atoms with Crippen LogP contribution in [0.5, 0.6) is 5.75 Å². The number of H-pyrrole nitrogens is 1. The molecule has 9 nitrogen and oxygen atoms in total. The van der Waals surface area contributed by atoms with Crippen LogP contribution < -0.4 is 15.5 Å². The molecule has 0 fully saturated rings. The molecule has 192 valence electrons. The van der Waals surface area contributed by atoms with E-state index in [2.05, 4.69) is 26.3 Å². The Labute approximate surface area is 214 Å². The summed E-state index contributed by atoms with van der Waals surface area (Å²) in [5, 5.41) is 3.32. The first-order valence-corrected chi connectivity index (χ1v) is 12.2. The van der Waals surface area contributed by atoms with Crippen molar-refractivity contribution in [2.45, 2.75) is 38.5 Å². The molecule has 4 aromatic rings. The zero-order valence-electron chi connectivity index (χ0n) is 21.5. The molecule has 5 rings (SSSR count). The Hall–Kier alpha value is -4.11. The Balaban J connectivity index is 1.52. The summed E-state index contributed by atoms with van der Waals surface area (Å²) < 4.78 is 16.8. The minimum absolute atomic E-state index is 0.00383. The number of aromatic nitrogens is 2. The lowest BCUT2D eigenvalue weighted by Gasteiger charge is -2.27. The number of benzene rings is 2. The molecule has 2 aromatic heterocycles. The van der Waals surface area contributed by atoms with Crippen LogP contribution in [-0.4, -0.2) is 54.3 Å². The van der Waals surface area contributed by atoms with Gasteiger partial charge in [-0.25, -0.2) is 9.78 Å². The number of aromatic amines is 1. The molecule has 0 bridgehead atoms. The van der Waals surface area contributed by atoms with Crippen LogP contribution in [-0.2, 0) is 11.2 Å². The van der Waals surface area contributed by atoms with E-state index in [0.717, 1.165) is 16.7 Å². The van der Waals surface area contributed by atoms with Crippen molar-refractivity contribution in [1.82, 2.24) is 20.2 Å². The topological polar surface area (TPSA) is 110 Å². The van der Waals surface area contributed by atoms with E-state index < -0.39 is 6.09 Å². The summed E-state index contributed by atoms with van der Waals surface area (Å²) in [6.45, 7) is 3.80. The molecule has 1 aliphatic rings. The molecule has 1 amide bonds. The van der Waals surface area contributed by atoms with Crippen LogP contribution in [0.1, 0.15) is 31.0 Å². The molecule has 0 aliphatic heterocycles. The van der Waals surface area contributed by atoms with Gasteiger partial charge in [-0.05, 0) is 56.8 Å². The fourth-order valence-electron chi connectivity index (χ4n) is 5.02. The zero-order chi connectivity index (χ0) is 26.3. The molecule has 1 unspecified atom stereocenters. The normalized spacial score (nSPS) is 16.8. The molecule has 2 heterocycles. The quantitative estimate of drug-likeness (QED) is 0.399. The number of pyridine rings is 1. The molecular formula is C28H30N4O5. The first-order valence-electron chi connectivity index (χ1n) is 12.2. The van der Waals surface area contributed by atoms with Gasteiger partial charge in [-0.15, -0.1) is 0 Å². The maximum Gasteiger partial charge on any atom is 0.407 e. The SMILES string of the molecule is COc1cc2[nH]c(-c3ccc4c(c3)C(N(C)C)[C@H](OC(=O)NC(C)C)C4)cc(=O)c2cc1-c1cnco1. The van der Waals surface area contributed by atoms with Gasteiger partial charge >= 0.3 is 6.09 Å². The van der Waals surface area contributed by atoms with E-state index in [1.54, 1.807) is 31.5 Å². The predicted molar refractivity (Wildman–Crippen MR) is 141 cm³/mol. The number of rotatable bonds is 6. The number of ether oxygens (including phenoxy) is 2. The maximum absolute atomic E-state index is 13.2. The molecular weight excluding hydrogens is 472 g/mol. The van der Waals surface area contributed by atoms with Crippen molar-refractivity contribution in [3.8, 4) is 28.3 Å². The van der Waals surface area contributed by atoms with Crippen molar-refractivity contribution >= 4 is 17.0 Å². The molecule has 9 heteroatoms. The third-order valence-electron chi connectivity index (χ3n) is 6.62. The second kappa shape index (κ2) is 9.74. The number of nitrogens with one attached hydrogen (secondary N) is 2. The van der Waals surface area contributed by atoms with E-state index >= 15 is 0 Å². The van der Waals surface area contributed by atoms with E-state index in [4.69, 9.17) is 13.9 Å². The summed E-state index contributed by atoms with van der Waals surface area (Å²) in [5.41, 5.74) is 4.94. The molecule has 0 saturated heterocycles. The van der Waals surface area contributed by atoms with Crippen molar-refractivity contribution in [2.75, 3.05) is 21.2 Å². The van der Waals surface area contributed by atoms with Gasteiger partial charge in [0.25, 0.3) is 0 Å². The molecule has 0 radical (unpaired) electrons. The number of hydrogen-bond acceptors (Lipinski definition) is 7. The molecule has 2 N–H and O–H groups in total. The van der Waals surface area contributed by atoms with Gasteiger partial charge in [-0.2, -0.15) is 0 Å². The average Bonchev–Trinajstić information content (AvgIpc) is 3.50. The van der Waals surface area contributed by atoms with Crippen LogP contribution in [0, 0.1) is 0 Å². The number of amides is 1. The highest BCUT2D eigenvalue weighted by Gasteiger charge is 2.37. The first-order chi connectivity index (χ1) is 17.7. The Morgan fingerprint density at radius 2 is 2.03 bits per heavy atom. The van der Waals surface area contributed by atoms with Crippen LogP contribution >= 0.6 is 0 Å². The van der Waals surface area contributed by atoms with Gasteiger partial charge in [0.1, 0.15) is 11.9 Å². The summed E-state index contributed by atoms with van der Waals surface area (Å²) in [7, 11) is 5.52. The maximum atomic E-state index is 13.2. The van der Waals surface area contributed by atoms with E-state index in [-0.39, 0.29) is 23.6 Å². The number of fused-ring (bicyclic) bond motifs is 2. The first kappa shape index (κ1) is 24.6. The fraction of sp³-hybridized carbons (Fsp3) is 0.321. The minimum Gasteiger partial charge on any atom is -0.496 e. The van der Waals surface area contributed by atoms with Crippen molar-refractivity contribution < 1.29 is 18.7 Å². The molecule has 2 atom stereocenters. The highest BCUT2D eigenvalue weighted by atomic mass is 16.6. The number of alkyl carbamates (subject to hydrolysis) is 1. The molecule has 0 spiro atoms. The van der Waals surface area contributed by atoms with Gasteiger partial charge in [-0.1, -0.05) is 12.1 Å². The third kappa shape index (κ3) is 4.70. The molecule has 37 heavy (non-hydrogen) atoms. The summed E-state index contributed by atoms with van der Waals surface area (Å²) in [5.74, 6) is 1.09. The Morgan fingerprint density at radius 1 is 1.22 bits per heavy atom. The predicted octanol–water partition coefficient (Wildman–Crippen LogP) is 4.52. The number of carbonyl (C=O) groups is 1. The van der Waals surface area contributed by atoms with E-state index in [1.165, 1.54) is 6.39 Å². The second-order valence-electron chi connectivity index (χ2n) is 9.78. The van der Waals surface area contributed by atoms with Crippen LogP contribution in [0.15, 0.2) is 58.2 Å². The van der Waals surface area contributed by atoms with Gasteiger partial charge in [-0.3, -0.25) is 9.69 Å². The minimum atomic E-state index is -0.419. The van der Waals surface area contributed by atoms with Gasteiger partial charge in [0.2, 0.25) is 0 Å². The van der Waals surface area contributed by atoms with E-state index in [1.807, 2.05) is 40.1 Å². The lowest BCUT2D eigenvalue weighted by atomic mass is 10.0. The summed E-state index contributed by atoms with van der Waals surface area (Å²) in [6, 6.07) is 11.1. The lowest BCUT2D eigenvalue weighted by Crippen LogP contribution is -2.38. The standard InChI is InChI=1S/C28H30N4O5/c1-15(2)30-28(34)37-25-9-16-6-7-17(8-18(16)27(25)32(3)4)21-11-23(33)19-10-20(26-13-29-14-36-26)24(35-5)12-22(19)31-21/h6-8,10-15,25,27H,9H2,1-5H3,(H,30,34)(H,31,33)/t25-,27?/m1/s1. The molecule has 2 aromatic carbocycles. The smallest absolute Gasteiger partial charge is 0.407 e. The number of oxazole rings is 1. The van der Waals surface area contributed by atoms with Crippen LogP contribution in [0.25, 0.3) is 33.5 Å². The fourth-order valence-corrected chi connectivity index (χ4v) is 5.02. The number of hydrogen-bond donors (Lipinski definition) is 2. The summed E-state index contributed by atoms with van der Waals surface area (Å²) in [4.78, 5) is 34.9. The van der Waals surface area contributed by atoms with Crippen molar-refractivity contribution in [3.05, 3.63) is 70.3 Å². The summed E-state index contributed by atoms with van der Waals surface area (Å²) in [6.07, 6.45) is 2.82. The zero-order valence-corrected chi connectivity index (χ0v) is 21.5. The van der Waals surface area contributed by atoms with Crippen molar-refractivity contribution in [2.24, 2.45) is 0 Å². The number of carbonyl (C=O) groups excluding carboxylic acids is 1. The lowest BCUT2D eigenvalue weighted by molar-refractivity contribution is 0.0523. The highest BCUT2D eigenvalue weighted by molar-refractivity contribution is 5.88. The second-order valence-corrected chi connectivity index (χ2v) is 9.78. The van der Waals surface area contributed by atoms with Gasteiger partial charge < -0.3 is 24.2 Å². The number of likely N-dealkylation sites (N-methyl/N-ethyl adjacent to an activating group) is 1. The number of methoxy groups -OCH3 is 1. The van der Waals surface area contributed by atoms with Gasteiger partial charge in [0.15, 0.2) is 17.6 Å². The average molecular weight is 503 g/mol. The largest absolute Gasteiger partial charge is 0.496 e. The van der Waals surface area contributed by atoms with Crippen LogP contribution in [0.3, 0.4) is 0 Å². The molecule has 1 aliphatic carbocycles. The number of nitrogens with zero attached hydrogens (tertiary/aromatic N) is 2. The molecule has 0 saturated carbocycles. The van der Waals surface area contributed by atoms with Gasteiger partial charge in [0.05, 0.1) is 30.4 Å². The van der Waals surface area contributed by atoms with Crippen molar-refractivity contribution in [1.29, 1.82) is 0 Å². The highest BCUT2D eigenvalue weighted by Crippen LogP contribution is 2.39. The van der Waals surface area contributed by atoms with E-state index in [0.29, 0.717) is 40.1 Å². The monoisotopic (exact) mass is 502 g/mol. The third-order valence-corrected chi connectivity index (χ3v) is 6.62. The Bertz CT molecular complexity index is 1510.